The lowest BCUT2D eigenvalue weighted by atomic mass is 9.83. The lowest BCUT2D eigenvalue weighted by Gasteiger charge is -2.31. The van der Waals surface area contributed by atoms with Gasteiger partial charge in [0.25, 0.3) is 0 Å². The SMILES string of the molecule is CCN(CC)c1ccc(-c2cc(-c3ccc(OC(=O)O)cc3)ccc2OCCCO)cc1C(C)(C)C. The van der Waals surface area contributed by atoms with Crippen LogP contribution in [0.3, 0.4) is 0 Å². The summed E-state index contributed by atoms with van der Waals surface area (Å²) in [4.78, 5) is 13.2. The first-order valence-electron chi connectivity index (χ1n) is 12.5. The van der Waals surface area contributed by atoms with E-state index >= 15 is 0 Å². The molecule has 0 spiro atoms. The molecule has 0 unspecified atom stereocenters. The highest BCUT2D eigenvalue weighted by molar-refractivity contribution is 5.80. The number of benzene rings is 3. The molecule has 6 nitrogen and oxygen atoms in total. The normalized spacial score (nSPS) is 11.3. The van der Waals surface area contributed by atoms with Crippen LogP contribution in [0.4, 0.5) is 10.5 Å². The molecular formula is C30H37NO5. The van der Waals surface area contributed by atoms with Crippen LogP contribution in [0.15, 0.2) is 60.7 Å². The summed E-state index contributed by atoms with van der Waals surface area (Å²) in [5.74, 6) is 1.03. The summed E-state index contributed by atoms with van der Waals surface area (Å²) < 4.78 is 10.8. The molecule has 0 aliphatic carbocycles. The highest BCUT2D eigenvalue weighted by Crippen LogP contribution is 2.40. The molecule has 2 N–H and O–H groups in total. The van der Waals surface area contributed by atoms with Gasteiger partial charge in [0, 0.05) is 37.4 Å². The Bertz CT molecular complexity index is 1160. The Labute approximate surface area is 214 Å². The first kappa shape index (κ1) is 27.1. The topological polar surface area (TPSA) is 79.2 Å². The van der Waals surface area contributed by atoms with Crippen LogP contribution in [0.25, 0.3) is 22.3 Å². The Morgan fingerprint density at radius 1 is 0.889 bits per heavy atom. The molecule has 0 bridgehead atoms. The third-order valence-corrected chi connectivity index (χ3v) is 6.15. The average Bonchev–Trinajstić information content (AvgIpc) is 2.85. The van der Waals surface area contributed by atoms with Gasteiger partial charge in [0.05, 0.1) is 6.61 Å². The number of rotatable bonds is 10. The van der Waals surface area contributed by atoms with Gasteiger partial charge >= 0.3 is 6.16 Å². The third-order valence-electron chi connectivity index (χ3n) is 6.15. The van der Waals surface area contributed by atoms with Crippen LogP contribution < -0.4 is 14.4 Å². The van der Waals surface area contributed by atoms with Gasteiger partial charge in [0.1, 0.15) is 11.5 Å². The second-order valence-corrected chi connectivity index (χ2v) is 9.68. The molecule has 3 rings (SSSR count). The van der Waals surface area contributed by atoms with Crippen LogP contribution in [0.5, 0.6) is 11.5 Å². The molecule has 0 saturated heterocycles. The number of carbonyl (C=O) groups is 1. The van der Waals surface area contributed by atoms with Crippen molar-refractivity contribution in [3.05, 3.63) is 66.2 Å². The number of carboxylic acid groups (broad SMARTS) is 1. The quantitative estimate of drug-likeness (QED) is 0.181. The van der Waals surface area contributed by atoms with Crippen molar-refractivity contribution in [1.82, 2.24) is 0 Å². The van der Waals surface area contributed by atoms with E-state index in [4.69, 9.17) is 14.6 Å². The molecule has 0 radical (unpaired) electrons. The number of ether oxygens (including phenoxy) is 2. The zero-order chi connectivity index (χ0) is 26.3. The van der Waals surface area contributed by atoms with Crippen LogP contribution in [0.1, 0.15) is 46.6 Å². The van der Waals surface area contributed by atoms with E-state index in [9.17, 15) is 9.90 Å². The summed E-state index contributed by atoms with van der Waals surface area (Å²) in [6.45, 7) is 13.4. The number of hydrogen-bond donors (Lipinski definition) is 2. The van der Waals surface area contributed by atoms with Crippen molar-refractivity contribution < 1.29 is 24.5 Å². The third kappa shape index (κ3) is 6.58. The second kappa shape index (κ2) is 12.0. The van der Waals surface area contributed by atoms with Gasteiger partial charge in [0.15, 0.2) is 0 Å². The zero-order valence-corrected chi connectivity index (χ0v) is 21.9. The van der Waals surface area contributed by atoms with E-state index in [0.29, 0.717) is 13.0 Å². The van der Waals surface area contributed by atoms with Gasteiger partial charge in [-0.05, 0) is 77.9 Å². The number of nitrogens with zero attached hydrogens (tertiary/aromatic N) is 1. The first-order valence-corrected chi connectivity index (χ1v) is 12.5. The molecule has 0 aliphatic rings. The van der Waals surface area contributed by atoms with E-state index < -0.39 is 6.16 Å². The highest BCUT2D eigenvalue weighted by Gasteiger charge is 2.22. The fourth-order valence-electron chi connectivity index (χ4n) is 4.27. The molecule has 192 valence electrons. The van der Waals surface area contributed by atoms with Gasteiger partial charge in [-0.15, -0.1) is 0 Å². The Morgan fingerprint density at radius 3 is 2.11 bits per heavy atom. The van der Waals surface area contributed by atoms with E-state index in [-0.39, 0.29) is 17.8 Å². The summed E-state index contributed by atoms with van der Waals surface area (Å²) in [7, 11) is 0. The van der Waals surface area contributed by atoms with E-state index in [1.165, 1.54) is 11.3 Å². The van der Waals surface area contributed by atoms with Crippen LogP contribution in [0, 0.1) is 0 Å². The molecular weight excluding hydrogens is 454 g/mol. The average molecular weight is 492 g/mol. The molecule has 0 amide bonds. The predicted octanol–water partition coefficient (Wildman–Crippen LogP) is 6.98. The van der Waals surface area contributed by atoms with Gasteiger partial charge in [-0.1, -0.05) is 45.0 Å². The van der Waals surface area contributed by atoms with E-state index in [1.54, 1.807) is 12.1 Å². The van der Waals surface area contributed by atoms with Crippen molar-refractivity contribution in [3.63, 3.8) is 0 Å². The molecule has 0 heterocycles. The molecule has 3 aromatic rings. The summed E-state index contributed by atoms with van der Waals surface area (Å²) in [6, 6.07) is 19.6. The van der Waals surface area contributed by atoms with Crippen molar-refractivity contribution in [2.45, 2.75) is 46.5 Å². The molecule has 0 aromatic heterocycles. The molecule has 0 atom stereocenters. The minimum absolute atomic E-state index is 0.0522. The Morgan fingerprint density at radius 2 is 1.53 bits per heavy atom. The van der Waals surface area contributed by atoms with Crippen molar-refractivity contribution in [3.8, 4) is 33.8 Å². The Hall–Kier alpha value is -3.51. The predicted molar refractivity (Wildman–Crippen MR) is 145 cm³/mol. The zero-order valence-electron chi connectivity index (χ0n) is 21.9. The van der Waals surface area contributed by atoms with Gasteiger partial charge < -0.3 is 24.6 Å². The van der Waals surface area contributed by atoms with Gasteiger partial charge in [-0.3, -0.25) is 0 Å². The van der Waals surface area contributed by atoms with Crippen LogP contribution in [-0.2, 0) is 5.41 Å². The van der Waals surface area contributed by atoms with Crippen LogP contribution >= 0.6 is 0 Å². The number of aliphatic hydroxyl groups excluding tert-OH is 1. The second-order valence-electron chi connectivity index (χ2n) is 9.68. The minimum atomic E-state index is -1.34. The lowest BCUT2D eigenvalue weighted by Crippen LogP contribution is -2.26. The Kier molecular flexibility index (Phi) is 8.99. The van der Waals surface area contributed by atoms with E-state index in [1.807, 2.05) is 24.3 Å². The lowest BCUT2D eigenvalue weighted by molar-refractivity contribution is 0.144. The van der Waals surface area contributed by atoms with Crippen molar-refractivity contribution >= 4 is 11.8 Å². The standard InChI is InChI=1S/C30H37NO5/c1-6-31(7-2)27-15-11-23(20-26(27)30(3,4)5)25-19-22(12-16-28(25)35-18-8-17-32)21-9-13-24(14-10-21)36-29(33)34/h9-16,19-20,32H,6-8,17-18H2,1-5H3,(H,33,34). The van der Waals surface area contributed by atoms with Gasteiger partial charge in [0.2, 0.25) is 0 Å². The minimum Gasteiger partial charge on any atom is -0.493 e. The molecule has 0 aliphatic heterocycles. The number of anilines is 1. The van der Waals surface area contributed by atoms with Crippen molar-refractivity contribution in [2.24, 2.45) is 0 Å². The monoisotopic (exact) mass is 491 g/mol. The maximum atomic E-state index is 10.8. The Balaban J connectivity index is 2.11. The number of hydrogen-bond acceptors (Lipinski definition) is 5. The maximum absolute atomic E-state index is 10.8. The molecule has 0 saturated carbocycles. The summed E-state index contributed by atoms with van der Waals surface area (Å²) in [5.41, 5.74) is 6.40. The smallest absolute Gasteiger partial charge is 0.493 e. The fraction of sp³-hybridized carbons (Fsp3) is 0.367. The summed E-state index contributed by atoms with van der Waals surface area (Å²) in [6.07, 6.45) is -0.780. The maximum Gasteiger partial charge on any atom is 0.511 e. The summed E-state index contributed by atoms with van der Waals surface area (Å²) >= 11 is 0. The van der Waals surface area contributed by atoms with Gasteiger partial charge in [-0.2, -0.15) is 0 Å². The van der Waals surface area contributed by atoms with E-state index in [0.717, 1.165) is 41.1 Å². The molecule has 0 fully saturated rings. The largest absolute Gasteiger partial charge is 0.511 e. The van der Waals surface area contributed by atoms with Crippen molar-refractivity contribution in [2.75, 3.05) is 31.2 Å². The van der Waals surface area contributed by atoms with E-state index in [2.05, 4.69) is 63.8 Å². The first-order chi connectivity index (χ1) is 17.2. The number of aliphatic hydroxyl groups is 1. The summed E-state index contributed by atoms with van der Waals surface area (Å²) in [5, 5.41) is 18.1. The van der Waals surface area contributed by atoms with Crippen LogP contribution in [-0.4, -0.2) is 42.7 Å². The molecule has 6 heteroatoms. The molecule has 36 heavy (non-hydrogen) atoms. The molecule has 3 aromatic carbocycles. The van der Waals surface area contributed by atoms with Gasteiger partial charge in [-0.25, -0.2) is 4.79 Å². The van der Waals surface area contributed by atoms with Crippen LogP contribution in [0.2, 0.25) is 0 Å². The van der Waals surface area contributed by atoms with Crippen molar-refractivity contribution in [1.29, 1.82) is 0 Å². The fourth-order valence-corrected chi connectivity index (χ4v) is 4.27. The highest BCUT2D eigenvalue weighted by atomic mass is 16.7.